The molecule has 120 valence electrons. The molecule has 6 heteroatoms. The van der Waals surface area contributed by atoms with Crippen LogP contribution in [0.5, 0.6) is 5.75 Å². The van der Waals surface area contributed by atoms with Gasteiger partial charge in [-0.3, -0.25) is 4.79 Å². The van der Waals surface area contributed by atoms with Gasteiger partial charge in [0.15, 0.2) is 0 Å². The van der Waals surface area contributed by atoms with Gasteiger partial charge in [0.1, 0.15) is 5.75 Å². The molecule has 1 N–H and O–H groups in total. The van der Waals surface area contributed by atoms with E-state index in [4.69, 9.17) is 4.74 Å². The molecule has 2 rings (SSSR count). The van der Waals surface area contributed by atoms with Gasteiger partial charge in [-0.1, -0.05) is 0 Å². The number of piperidine rings is 1. The normalized spacial score (nSPS) is 15.8. The zero-order chi connectivity index (χ0) is 16.1. The van der Waals surface area contributed by atoms with Gasteiger partial charge >= 0.3 is 0 Å². The van der Waals surface area contributed by atoms with Crippen molar-refractivity contribution in [3.8, 4) is 5.75 Å². The first kappa shape index (κ1) is 17.2. The Kier molecular flexibility index (Phi) is 6.19. The molecule has 1 aromatic carbocycles. The molecule has 0 bridgehead atoms. The lowest BCUT2D eigenvalue weighted by Crippen LogP contribution is -2.39. The van der Waals surface area contributed by atoms with Crippen LogP contribution in [-0.2, 0) is 0 Å². The molecule has 0 atom stereocenters. The highest BCUT2D eigenvalue weighted by Crippen LogP contribution is 2.21. The lowest BCUT2D eigenvalue weighted by molar-refractivity contribution is 0.0954. The molecule has 0 spiro atoms. The SMILES string of the molecule is COc1ccc(C(=O)NN=C2CCN(C(C)C)CC2)cc1I. The standard InChI is InChI=1S/C16H22IN3O2/c1-11(2)20-8-6-13(7-9-20)18-19-16(21)12-4-5-15(22-3)14(17)10-12/h4-5,10-11H,6-9H2,1-3H3,(H,19,21). The maximum atomic E-state index is 12.1. The molecule has 1 aliphatic heterocycles. The summed E-state index contributed by atoms with van der Waals surface area (Å²) in [6, 6.07) is 5.91. The van der Waals surface area contributed by atoms with Crippen molar-refractivity contribution in [1.29, 1.82) is 0 Å². The number of nitrogens with zero attached hydrogens (tertiary/aromatic N) is 2. The molecule has 5 nitrogen and oxygen atoms in total. The van der Waals surface area contributed by atoms with Gasteiger partial charge in [0.2, 0.25) is 0 Å². The van der Waals surface area contributed by atoms with Crippen LogP contribution in [0.2, 0.25) is 0 Å². The Bertz CT molecular complexity index is 563. The summed E-state index contributed by atoms with van der Waals surface area (Å²) in [4.78, 5) is 14.6. The van der Waals surface area contributed by atoms with Crippen LogP contribution >= 0.6 is 22.6 Å². The Morgan fingerprint density at radius 2 is 2.05 bits per heavy atom. The number of rotatable bonds is 4. The number of likely N-dealkylation sites (tertiary alicyclic amines) is 1. The summed E-state index contributed by atoms with van der Waals surface area (Å²) in [6.45, 7) is 6.42. The van der Waals surface area contributed by atoms with Crippen LogP contribution in [0.25, 0.3) is 0 Å². The van der Waals surface area contributed by atoms with E-state index in [-0.39, 0.29) is 5.91 Å². The van der Waals surface area contributed by atoms with Gasteiger partial charge in [-0.25, -0.2) is 5.43 Å². The summed E-state index contributed by atoms with van der Waals surface area (Å²) in [6.07, 6.45) is 1.83. The Labute approximate surface area is 145 Å². The van der Waals surface area contributed by atoms with Gasteiger partial charge in [0, 0.05) is 43.2 Å². The number of benzene rings is 1. The van der Waals surface area contributed by atoms with Crippen LogP contribution < -0.4 is 10.2 Å². The van der Waals surface area contributed by atoms with Gasteiger partial charge < -0.3 is 9.64 Å². The topological polar surface area (TPSA) is 53.9 Å². The van der Waals surface area contributed by atoms with Crippen LogP contribution in [0.15, 0.2) is 23.3 Å². The zero-order valence-electron chi connectivity index (χ0n) is 13.2. The van der Waals surface area contributed by atoms with Gasteiger partial charge in [0.05, 0.1) is 10.7 Å². The van der Waals surface area contributed by atoms with E-state index in [1.54, 1.807) is 25.3 Å². The molecule has 1 heterocycles. The molecular weight excluding hydrogens is 393 g/mol. The molecule has 0 unspecified atom stereocenters. The second-order valence-corrected chi connectivity index (χ2v) is 6.76. The number of halogens is 1. The molecule has 1 fully saturated rings. The number of nitrogens with one attached hydrogen (secondary N) is 1. The molecule has 1 aliphatic rings. The first-order chi connectivity index (χ1) is 10.5. The third-order valence-electron chi connectivity index (χ3n) is 3.84. The predicted molar refractivity (Wildman–Crippen MR) is 96.6 cm³/mol. The van der Waals surface area contributed by atoms with Crippen molar-refractivity contribution < 1.29 is 9.53 Å². The van der Waals surface area contributed by atoms with Gasteiger partial charge in [-0.2, -0.15) is 5.10 Å². The van der Waals surface area contributed by atoms with Crippen molar-refractivity contribution in [3.63, 3.8) is 0 Å². The molecule has 1 amide bonds. The van der Waals surface area contributed by atoms with E-state index >= 15 is 0 Å². The third-order valence-corrected chi connectivity index (χ3v) is 4.68. The number of hydrogen-bond acceptors (Lipinski definition) is 4. The van der Waals surface area contributed by atoms with E-state index < -0.39 is 0 Å². The summed E-state index contributed by atoms with van der Waals surface area (Å²) in [7, 11) is 1.62. The third kappa shape index (κ3) is 4.42. The largest absolute Gasteiger partial charge is 0.496 e. The average Bonchev–Trinajstić information content (AvgIpc) is 2.52. The molecule has 0 aliphatic carbocycles. The zero-order valence-corrected chi connectivity index (χ0v) is 15.4. The first-order valence-electron chi connectivity index (χ1n) is 7.44. The van der Waals surface area contributed by atoms with Crippen LogP contribution in [0.4, 0.5) is 0 Å². The molecule has 0 radical (unpaired) electrons. The second kappa shape index (κ2) is 7.92. The van der Waals surface area contributed by atoms with E-state index in [1.165, 1.54) is 0 Å². The predicted octanol–water partition coefficient (Wildman–Crippen LogP) is 2.89. The minimum Gasteiger partial charge on any atom is -0.496 e. The molecular formula is C16H22IN3O2. The van der Waals surface area contributed by atoms with Crippen molar-refractivity contribution >= 4 is 34.2 Å². The van der Waals surface area contributed by atoms with Crippen LogP contribution in [0, 0.1) is 3.57 Å². The number of carbonyl (C=O) groups is 1. The van der Waals surface area contributed by atoms with Crippen LogP contribution in [-0.4, -0.2) is 42.8 Å². The average molecular weight is 415 g/mol. The number of carbonyl (C=O) groups excluding carboxylic acids is 1. The van der Waals surface area contributed by atoms with Crippen LogP contribution in [0.1, 0.15) is 37.0 Å². The number of ether oxygens (including phenoxy) is 1. The van der Waals surface area contributed by atoms with Gasteiger partial charge in [-0.05, 0) is 54.6 Å². The second-order valence-electron chi connectivity index (χ2n) is 5.60. The summed E-state index contributed by atoms with van der Waals surface area (Å²) in [5.41, 5.74) is 4.32. The van der Waals surface area contributed by atoms with Gasteiger partial charge in [-0.15, -0.1) is 0 Å². The Morgan fingerprint density at radius 3 is 2.59 bits per heavy atom. The Morgan fingerprint density at radius 1 is 1.36 bits per heavy atom. The fourth-order valence-corrected chi connectivity index (χ4v) is 3.15. The van der Waals surface area contributed by atoms with Crippen molar-refractivity contribution in [1.82, 2.24) is 10.3 Å². The van der Waals surface area contributed by atoms with Crippen molar-refractivity contribution in [2.75, 3.05) is 20.2 Å². The summed E-state index contributed by atoms with van der Waals surface area (Å²) < 4.78 is 6.10. The quantitative estimate of drug-likeness (QED) is 0.608. The Balaban J connectivity index is 1.93. The number of hydrogen-bond donors (Lipinski definition) is 1. The fourth-order valence-electron chi connectivity index (χ4n) is 2.41. The van der Waals surface area contributed by atoms with E-state index in [1.807, 2.05) is 0 Å². The monoisotopic (exact) mass is 415 g/mol. The Hall–Kier alpha value is -1.15. The minimum atomic E-state index is -0.181. The lowest BCUT2D eigenvalue weighted by Gasteiger charge is -2.30. The van der Waals surface area contributed by atoms with Crippen LogP contribution in [0.3, 0.4) is 0 Å². The van der Waals surface area contributed by atoms with E-state index in [9.17, 15) is 4.79 Å². The fraction of sp³-hybridized carbons (Fsp3) is 0.500. The summed E-state index contributed by atoms with van der Waals surface area (Å²) in [5.74, 6) is 0.587. The molecule has 1 aromatic rings. The smallest absolute Gasteiger partial charge is 0.271 e. The molecule has 0 aromatic heterocycles. The number of amides is 1. The highest BCUT2D eigenvalue weighted by Gasteiger charge is 2.17. The lowest BCUT2D eigenvalue weighted by atomic mass is 10.1. The highest BCUT2D eigenvalue weighted by atomic mass is 127. The molecule has 1 saturated heterocycles. The first-order valence-corrected chi connectivity index (χ1v) is 8.52. The highest BCUT2D eigenvalue weighted by molar-refractivity contribution is 14.1. The maximum absolute atomic E-state index is 12.1. The van der Waals surface area contributed by atoms with Crippen molar-refractivity contribution in [2.45, 2.75) is 32.7 Å². The van der Waals surface area contributed by atoms with Crippen molar-refractivity contribution in [2.24, 2.45) is 5.10 Å². The number of hydrazone groups is 1. The maximum Gasteiger partial charge on any atom is 0.271 e. The summed E-state index contributed by atoms with van der Waals surface area (Å²) >= 11 is 2.15. The van der Waals surface area contributed by atoms with E-state index in [0.717, 1.165) is 41.0 Å². The molecule has 22 heavy (non-hydrogen) atoms. The van der Waals surface area contributed by atoms with E-state index in [2.05, 4.69) is 51.9 Å². The number of methoxy groups -OCH3 is 1. The van der Waals surface area contributed by atoms with E-state index in [0.29, 0.717) is 11.6 Å². The van der Waals surface area contributed by atoms with Crippen molar-refractivity contribution in [3.05, 3.63) is 27.3 Å². The molecule has 0 saturated carbocycles. The minimum absolute atomic E-state index is 0.181. The van der Waals surface area contributed by atoms with Gasteiger partial charge in [0.25, 0.3) is 5.91 Å². The summed E-state index contributed by atoms with van der Waals surface area (Å²) in [5, 5.41) is 4.28.